The Morgan fingerprint density at radius 2 is 1.96 bits per heavy atom. The molecule has 134 valence electrons. The van der Waals surface area contributed by atoms with Crippen LogP contribution in [0.4, 0.5) is 5.00 Å². The maximum atomic E-state index is 4.56. The van der Waals surface area contributed by atoms with Crippen molar-refractivity contribution in [2.24, 2.45) is 4.99 Å². The first-order valence-corrected chi connectivity index (χ1v) is 9.80. The van der Waals surface area contributed by atoms with Gasteiger partial charge in [-0.25, -0.2) is 0 Å². The smallest absolute Gasteiger partial charge is 0.194 e. The molecular weight excluding hydrogens is 342 g/mol. The van der Waals surface area contributed by atoms with Crippen molar-refractivity contribution in [3.8, 4) is 0 Å². The molecule has 1 aromatic carbocycles. The number of thiophene rings is 1. The van der Waals surface area contributed by atoms with Crippen molar-refractivity contribution in [3.63, 3.8) is 0 Å². The Labute approximate surface area is 158 Å². The summed E-state index contributed by atoms with van der Waals surface area (Å²) in [7, 11) is 1.85. The van der Waals surface area contributed by atoms with Crippen LogP contribution in [0.25, 0.3) is 10.8 Å². The van der Waals surface area contributed by atoms with E-state index in [2.05, 4.69) is 72.9 Å². The van der Waals surface area contributed by atoms with E-state index in [1.165, 1.54) is 15.8 Å². The number of piperazine rings is 1. The third kappa shape index (κ3) is 3.51. The number of hydrogen-bond donors (Lipinski definition) is 1. The van der Waals surface area contributed by atoms with Crippen LogP contribution in [0.3, 0.4) is 0 Å². The molecule has 0 amide bonds. The van der Waals surface area contributed by atoms with Gasteiger partial charge in [0.25, 0.3) is 0 Å². The summed E-state index contributed by atoms with van der Waals surface area (Å²) < 4.78 is 0. The third-order valence-corrected chi connectivity index (χ3v) is 5.71. The summed E-state index contributed by atoms with van der Waals surface area (Å²) in [5.74, 6) is 0.950. The standard InChI is InChI=1S/C20H23N5S/c1-21-20(25-12-10-24(11-13-25)19-7-4-14-26-19)23-15-18-17-6-3-2-5-16(17)8-9-22-18/h2-9,14H,10-13,15H2,1H3,(H,21,23). The van der Waals surface area contributed by atoms with Crippen LogP contribution < -0.4 is 10.2 Å². The Balaban J connectivity index is 1.39. The highest BCUT2D eigenvalue weighted by Gasteiger charge is 2.20. The number of anilines is 1. The number of hydrogen-bond acceptors (Lipinski definition) is 4. The molecular formula is C20H23N5S. The largest absolute Gasteiger partial charge is 0.360 e. The van der Waals surface area contributed by atoms with Gasteiger partial charge in [0.15, 0.2) is 5.96 Å². The topological polar surface area (TPSA) is 43.8 Å². The van der Waals surface area contributed by atoms with Gasteiger partial charge in [-0.15, -0.1) is 11.3 Å². The van der Waals surface area contributed by atoms with Crippen LogP contribution in [0.2, 0.25) is 0 Å². The monoisotopic (exact) mass is 365 g/mol. The van der Waals surface area contributed by atoms with Crippen molar-refractivity contribution in [1.29, 1.82) is 0 Å². The Kier molecular flexibility index (Phi) is 5.02. The average Bonchev–Trinajstić information content (AvgIpc) is 3.24. The normalized spacial score (nSPS) is 15.5. The van der Waals surface area contributed by atoms with E-state index in [0.717, 1.165) is 37.8 Å². The SMILES string of the molecule is CN=C(NCc1nccc2ccccc12)N1CCN(c2cccs2)CC1. The number of pyridine rings is 1. The lowest BCUT2D eigenvalue weighted by atomic mass is 10.1. The van der Waals surface area contributed by atoms with Crippen LogP contribution in [0.5, 0.6) is 0 Å². The van der Waals surface area contributed by atoms with Gasteiger partial charge >= 0.3 is 0 Å². The minimum Gasteiger partial charge on any atom is -0.360 e. The number of rotatable bonds is 3. The number of guanidine groups is 1. The Morgan fingerprint density at radius 3 is 2.73 bits per heavy atom. The molecule has 0 spiro atoms. The van der Waals surface area contributed by atoms with Gasteiger partial charge in [-0.2, -0.15) is 0 Å². The van der Waals surface area contributed by atoms with Crippen LogP contribution >= 0.6 is 11.3 Å². The van der Waals surface area contributed by atoms with E-state index in [4.69, 9.17) is 0 Å². The van der Waals surface area contributed by atoms with Crippen LogP contribution in [0, 0.1) is 0 Å². The average molecular weight is 366 g/mol. The lowest BCUT2D eigenvalue weighted by Crippen LogP contribution is -2.52. The first-order valence-electron chi connectivity index (χ1n) is 8.92. The summed E-state index contributed by atoms with van der Waals surface area (Å²) >= 11 is 1.81. The molecule has 1 N–H and O–H groups in total. The van der Waals surface area contributed by atoms with E-state index in [1.54, 1.807) is 11.3 Å². The predicted octanol–water partition coefficient (Wildman–Crippen LogP) is 3.19. The van der Waals surface area contributed by atoms with Crippen molar-refractivity contribution in [2.75, 3.05) is 38.1 Å². The molecule has 0 radical (unpaired) electrons. The van der Waals surface area contributed by atoms with Crippen molar-refractivity contribution in [1.82, 2.24) is 15.2 Å². The molecule has 0 unspecified atom stereocenters. The van der Waals surface area contributed by atoms with Gasteiger partial charge in [0.2, 0.25) is 0 Å². The summed E-state index contributed by atoms with van der Waals surface area (Å²) in [5.41, 5.74) is 1.06. The maximum Gasteiger partial charge on any atom is 0.194 e. The second kappa shape index (κ2) is 7.74. The molecule has 3 heterocycles. The van der Waals surface area contributed by atoms with Crippen LogP contribution in [0.15, 0.2) is 59.0 Å². The predicted molar refractivity (Wildman–Crippen MR) is 110 cm³/mol. The Hall–Kier alpha value is -2.60. The summed E-state index contributed by atoms with van der Waals surface area (Å²) in [6.45, 7) is 4.67. The summed E-state index contributed by atoms with van der Waals surface area (Å²) in [5, 5.41) is 9.40. The van der Waals surface area contributed by atoms with Gasteiger partial charge in [-0.05, 0) is 29.0 Å². The first kappa shape index (κ1) is 16.8. The van der Waals surface area contributed by atoms with Gasteiger partial charge in [0.1, 0.15) is 0 Å². The van der Waals surface area contributed by atoms with Crippen LogP contribution in [-0.2, 0) is 6.54 Å². The van der Waals surface area contributed by atoms with E-state index in [-0.39, 0.29) is 0 Å². The number of benzene rings is 1. The van der Waals surface area contributed by atoms with Crippen molar-refractivity contribution >= 4 is 33.1 Å². The van der Waals surface area contributed by atoms with Gasteiger partial charge in [0.05, 0.1) is 17.2 Å². The molecule has 5 nitrogen and oxygen atoms in total. The van der Waals surface area contributed by atoms with Crippen molar-refractivity contribution < 1.29 is 0 Å². The molecule has 0 saturated carbocycles. The molecule has 3 aromatic rings. The minimum atomic E-state index is 0.680. The molecule has 6 heteroatoms. The second-order valence-electron chi connectivity index (χ2n) is 6.30. The molecule has 0 atom stereocenters. The number of fused-ring (bicyclic) bond motifs is 1. The Bertz CT molecular complexity index is 877. The third-order valence-electron chi connectivity index (χ3n) is 4.78. The number of nitrogens with one attached hydrogen (secondary N) is 1. The Morgan fingerprint density at radius 1 is 1.12 bits per heavy atom. The number of nitrogens with zero attached hydrogens (tertiary/aromatic N) is 4. The zero-order valence-corrected chi connectivity index (χ0v) is 15.7. The van der Waals surface area contributed by atoms with E-state index < -0.39 is 0 Å². The van der Waals surface area contributed by atoms with E-state index in [9.17, 15) is 0 Å². The molecule has 4 rings (SSSR count). The highest BCUT2D eigenvalue weighted by Crippen LogP contribution is 2.22. The summed E-state index contributed by atoms with van der Waals surface area (Å²) in [4.78, 5) is 13.8. The van der Waals surface area contributed by atoms with Crippen LogP contribution in [-0.4, -0.2) is 49.1 Å². The first-order chi connectivity index (χ1) is 12.8. The molecule has 1 aliphatic rings. The quantitative estimate of drug-likeness (QED) is 0.572. The summed E-state index contributed by atoms with van der Waals surface area (Å²) in [6, 6.07) is 14.7. The van der Waals surface area contributed by atoms with Gasteiger partial charge in [-0.1, -0.05) is 24.3 Å². The maximum absolute atomic E-state index is 4.56. The van der Waals surface area contributed by atoms with E-state index >= 15 is 0 Å². The fraction of sp³-hybridized carbons (Fsp3) is 0.300. The number of aromatic nitrogens is 1. The lowest BCUT2D eigenvalue weighted by Gasteiger charge is -2.37. The number of aliphatic imine (C=N–C) groups is 1. The summed E-state index contributed by atoms with van der Waals surface area (Å²) in [6.07, 6.45) is 1.88. The van der Waals surface area contributed by atoms with Gasteiger partial charge < -0.3 is 15.1 Å². The fourth-order valence-electron chi connectivity index (χ4n) is 3.41. The highest BCUT2D eigenvalue weighted by molar-refractivity contribution is 7.14. The molecule has 0 aliphatic carbocycles. The molecule has 26 heavy (non-hydrogen) atoms. The van der Waals surface area contributed by atoms with Crippen LogP contribution in [0.1, 0.15) is 5.69 Å². The highest BCUT2D eigenvalue weighted by atomic mass is 32.1. The van der Waals surface area contributed by atoms with E-state index in [1.807, 2.05) is 13.2 Å². The molecule has 2 aromatic heterocycles. The fourth-order valence-corrected chi connectivity index (χ4v) is 4.19. The van der Waals surface area contributed by atoms with Crippen molar-refractivity contribution in [3.05, 3.63) is 59.7 Å². The van der Waals surface area contributed by atoms with Crippen molar-refractivity contribution in [2.45, 2.75) is 6.54 Å². The zero-order valence-electron chi connectivity index (χ0n) is 14.9. The molecule has 0 bridgehead atoms. The van der Waals surface area contributed by atoms with Gasteiger partial charge in [-0.3, -0.25) is 9.98 Å². The lowest BCUT2D eigenvalue weighted by molar-refractivity contribution is 0.373. The molecule has 1 aliphatic heterocycles. The zero-order chi connectivity index (χ0) is 17.8. The van der Waals surface area contributed by atoms with Gasteiger partial charge in [0, 0.05) is 44.8 Å². The second-order valence-corrected chi connectivity index (χ2v) is 7.23. The van der Waals surface area contributed by atoms with E-state index in [0.29, 0.717) is 6.54 Å². The minimum absolute atomic E-state index is 0.680. The molecule has 1 saturated heterocycles. The molecule has 1 fully saturated rings.